The number of carbonyl (C=O) groups excluding carboxylic acids is 1. The number of aromatic nitrogens is 1. The SMILES string of the molecule is COC(=O)c1sc(NCc2ccc(C)o2)nc1Cl. The van der Waals surface area contributed by atoms with Crippen LogP contribution in [0.1, 0.15) is 21.2 Å². The van der Waals surface area contributed by atoms with E-state index in [0.717, 1.165) is 22.9 Å². The second-order valence-corrected chi connectivity index (χ2v) is 4.85. The van der Waals surface area contributed by atoms with Crippen LogP contribution in [0.25, 0.3) is 0 Å². The van der Waals surface area contributed by atoms with Gasteiger partial charge in [0.15, 0.2) is 15.2 Å². The van der Waals surface area contributed by atoms with Gasteiger partial charge >= 0.3 is 5.97 Å². The Kier molecular flexibility index (Phi) is 3.88. The third-order valence-corrected chi connectivity index (χ3v) is 3.55. The summed E-state index contributed by atoms with van der Waals surface area (Å²) in [7, 11) is 1.30. The fourth-order valence-electron chi connectivity index (χ4n) is 1.34. The van der Waals surface area contributed by atoms with Crippen molar-refractivity contribution < 1.29 is 13.9 Å². The standard InChI is InChI=1S/C11H11ClN2O3S/c1-6-3-4-7(17-6)5-13-11-14-9(12)8(18-11)10(15)16-2/h3-4H,5H2,1-2H3,(H,13,14). The monoisotopic (exact) mass is 286 g/mol. The third-order valence-electron chi connectivity index (χ3n) is 2.17. The van der Waals surface area contributed by atoms with Crippen LogP contribution in [0, 0.1) is 6.92 Å². The van der Waals surface area contributed by atoms with Gasteiger partial charge in [-0.2, -0.15) is 0 Å². The maximum atomic E-state index is 11.3. The van der Waals surface area contributed by atoms with Crippen LogP contribution < -0.4 is 5.32 Å². The van der Waals surface area contributed by atoms with Crippen molar-refractivity contribution in [1.29, 1.82) is 0 Å². The second-order valence-electron chi connectivity index (χ2n) is 3.50. The van der Waals surface area contributed by atoms with Crippen molar-refractivity contribution in [2.45, 2.75) is 13.5 Å². The largest absolute Gasteiger partial charge is 0.465 e. The van der Waals surface area contributed by atoms with Gasteiger partial charge in [0, 0.05) is 0 Å². The van der Waals surface area contributed by atoms with Crippen LogP contribution in [0.2, 0.25) is 5.15 Å². The van der Waals surface area contributed by atoms with Crippen LogP contribution in [0.4, 0.5) is 5.13 Å². The molecule has 1 N–H and O–H groups in total. The molecule has 0 aromatic carbocycles. The van der Waals surface area contributed by atoms with E-state index in [-0.39, 0.29) is 10.0 Å². The molecule has 0 bridgehead atoms. The Bertz CT molecular complexity index is 564. The first-order valence-electron chi connectivity index (χ1n) is 5.14. The molecule has 0 spiro atoms. The number of rotatable bonds is 4. The lowest BCUT2D eigenvalue weighted by atomic mass is 10.4. The van der Waals surface area contributed by atoms with Crippen molar-refractivity contribution in [2.75, 3.05) is 12.4 Å². The van der Waals surface area contributed by atoms with Crippen molar-refractivity contribution >= 4 is 34.0 Å². The molecule has 0 aliphatic heterocycles. The number of hydrogen-bond donors (Lipinski definition) is 1. The van der Waals surface area contributed by atoms with Gasteiger partial charge in [0.2, 0.25) is 0 Å². The highest BCUT2D eigenvalue weighted by Crippen LogP contribution is 2.27. The number of hydrogen-bond acceptors (Lipinski definition) is 6. The van der Waals surface area contributed by atoms with Crippen molar-refractivity contribution in [3.63, 3.8) is 0 Å². The zero-order chi connectivity index (χ0) is 13.1. The third kappa shape index (κ3) is 2.83. The van der Waals surface area contributed by atoms with Crippen molar-refractivity contribution in [3.05, 3.63) is 33.7 Å². The predicted molar refractivity (Wildman–Crippen MR) is 69.2 cm³/mol. The molecule has 0 fully saturated rings. The Balaban J connectivity index is 2.04. The van der Waals surface area contributed by atoms with Gasteiger partial charge < -0.3 is 14.5 Å². The van der Waals surface area contributed by atoms with E-state index in [9.17, 15) is 4.79 Å². The summed E-state index contributed by atoms with van der Waals surface area (Å²) < 4.78 is 10.00. The summed E-state index contributed by atoms with van der Waals surface area (Å²) in [6, 6.07) is 3.75. The first-order chi connectivity index (χ1) is 8.60. The number of nitrogens with zero attached hydrogens (tertiary/aromatic N) is 1. The highest BCUT2D eigenvalue weighted by atomic mass is 35.5. The fourth-order valence-corrected chi connectivity index (χ4v) is 2.44. The summed E-state index contributed by atoms with van der Waals surface area (Å²) in [5, 5.41) is 3.73. The number of esters is 1. The fraction of sp³-hybridized carbons (Fsp3) is 0.273. The minimum atomic E-state index is -0.487. The van der Waals surface area contributed by atoms with Gasteiger partial charge in [0.05, 0.1) is 13.7 Å². The molecule has 7 heteroatoms. The Morgan fingerprint density at radius 3 is 3.00 bits per heavy atom. The van der Waals surface area contributed by atoms with Gasteiger partial charge in [-0.25, -0.2) is 9.78 Å². The molecule has 0 atom stereocenters. The summed E-state index contributed by atoms with van der Waals surface area (Å²) in [6.45, 7) is 2.36. The van der Waals surface area contributed by atoms with Crippen molar-refractivity contribution in [3.8, 4) is 0 Å². The van der Waals surface area contributed by atoms with E-state index in [4.69, 9.17) is 16.0 Å². The Morgan fingerprint density at radius 1 is 1.61 bits per heavy atom. The van der Waals surface area contributed by atoms with E-state index in [1.165, 1.54) is 7.11 Å². The number of carbonyl (C=O) groups is 1. The van der Waals surface area contributed by atoms with Gasteiger partial charge in [-0.15, -0.1) is 0 Å². The van der Waals surface area contributed by atoms with E-state index in [1.807, 2.05) is 19.1 Å². The van der Waals surface area contributed by atoms with Gasteiger partial charge in [0.25, 0.3) is 0 Å². The van der Waals surface area contributed by atoms with Gasteiger partial charge in [-0.3, -0.25) is 0 Å². The topological polar surface area (TPSA) is 64.4 Å². The predicted octanol–water partition coefficient (Wildman–Crippen LogP) is 3.10. The summed E-state index contributed by atoms with van der Waals surface area (Å²) in [5.41, 5.74) is 0. The van der Waals surface area contributed by atoms with Crippen LogP contribution in [0.5, 0.6) is 0 Å². The molecule has 2 aromatic rings. The molecule has 2 rings (SSSR count). The molecule has 0 saturated carbocycles. The lowest BCUT2D eigenvalue weighted by Gasteiger charge is -1.98. The van der Waals surface area contributed by atoms with Crippen LogP contribution in [0.3, 0.4) is 0 Å². The van der Waals surface area contributed by atoms with Crippen LogP contribution in [0.15, 0.2) is 16.5 Å². The summed E-state index contributed by atoms with van der Waals surface area (Å²) in [5.74, 6) is 1.15. The Hall–Kier alpha value is -1.53. The molecule has 96 valence electrons. The molecule has 0 aliphatic rings. The minimum Gasteiger partial charge on any atom is -0.465 e. The molecule has 0 radical (unpaired) electrons. The quantitative estimate of drug-likeness (QED) is 0.875. The molecule has 5 nitrogen and oxygen atoms in total. The van der Waals surface area contributed by atoms with Crippen LogP contribution in [-0.2, 0) is 11.3 Å². The molecule has 2 aromatic heterocycles. The Morgan fingerprint density at radius 2 is 2.39 bits per heavy atom. The van der Waals surface area contributed by atoms with Gasteiger partial charge in [-0.1, -0.05) is 22.9 Å². The van der Waals surface area contributed by atoms with Crippen LogP contribution in [-0.4, -0.2) is 18.1 Å². The zero-order valence-electron chi connectivity index (χ0n) is 9.82. The number of nitrogens with one attached hydrogen (secondary N) is 1. The molecule has 0 unspecified atom stereocenters. The molecule has 18 heavy (non-hydrogen) atoms. The smallest absolute Gasteiger partial charge is 0.351 e. The summed E-state index contributed by atoms with van der Waals surface area (Å²) in [6.07, 6.45) is 0. The maximum Gasteiger partial charge on any atom is 0.351 e. The highest BCUT2D eigenvalue weighted by molar-refractivity contribution is 7.18. The normalized spacial score (nSPS) is 10.4. The van der Waals surface area contributed by atoms with Gasteiger partial charge in [0.1, 0.15) is 11.5 Å². The van der Waals surface area contributed by atoms with Crippen molar-refractivity contribution in [2.24, 2.45) is 0 Å². The second kappa shape index (κ2) is 5.41. The van der Waals surface area contributed by atoms with Gasteiger partial charge in [-0.05, 0) is 19.1 Å². The molecule has 0 aliphatic carbocycles. The first-order valence-corrected chi connectivity index (χ1v) is 6.33. The summed E-state index contributed by atoms with van der Waals surface area (Å²) >= 11 is 6.99. The first kappa shape index (κ1) is 12.9. The van der Waals surface area contributed by atoms with E-state index in [2.05, 4.69) is 15.0 Å². The number of methoxy groups -OCH3 is 1. The molecular weight excluding hydrogens is 276 g/mol. The number of thiazole rings is 1. The van der Waals surface area contributed by atoms with E-state index < -0.39 is 5.97 Å². The molecule has 0 amide bonds. The average molecular weight is 287 g/mol. The highest BCUT2D eigenvalue weighted by Gasteiger charge is 2.17. The number of ether oxygens (including phenoxy) is 1. The van der Waals surface area contributed by atoms with Crippen molar-refractivity contribution in [1.82, 2.24) is 4.98 Å². The Labute approximate surface area is 113 Å². The van der Waals surface area contributed by atoms with E-state index in [1.54, 1.807) is 0 Å². The lowest BCUT2D eigenvalue weighted by Crippen LogP contribution is -1.98. The minimum absolute atomic E-state index is 0.143. The maximum absolute atomic E-state index is 11.3. The molecular formula is C11H11ClN2O3S. The molecule has 0 saturated heterocycles. The van der Waals surface area contributed by atoms with E-state index in [0.29, 0.717) is 11.7 Å². The summed E-state index contributed by atoms with van der Waals surface area (Å²) in [4.78, 5) is 15.7. The number of furan rings is 1. The zero-order valence-corrected chi connectivity index (χ0v) is 11.4. The molecule has 2 heterocycles. The van der Waals surface area contributed by atoms with E-state index >= 15 is 0 Å². The number of halogens is 1. The number of anilines is 1. The number of aryl methyl sites for hydroxylation is 1. The van der Waals surface area contributed by atoms with Crippen LogP contribution >= 0.6 is 22.9 Å². The lowest BCUT2D eigenvalue weighted by molar-refractivity contribution is 0.0606. The average Bonchev–Trinajstić information content (AvgIpc) is 2.92.